The van der Waals surface area contributed by atoms with Gasteiger partial charge in [-0.2, -0.15) is 13.2 Å². The molecule has 1 aromatic rings. The Morgan fingerprint density at radius 1 is 1.21 bits per heavy atom. The van der Waals surface area contributed by atoms with Crippen LogP contribution in [0.2, 0.25) is 0 Å². The van der Waals surface area contributed by atoms with Crippen LogP contribution in [0.15, 0.2) is 30.3 Å². The minimum atomic E-state index is -4.55. The summed E-state index contributed by atoms with van der Waals surface area (Å²) in [5.74, 6) is -0.591. The molecule has 0 saturated carbocycles. The molecule has 0 saturated heterocycles. The van der Waals surface area contributed by atoms with Gasteiger partial charge in [0.1, 0.15) is 0 Å². The van der Waals surface area contributed by atoms with Crippen LogP contribution in [0.5, 0.6) is 0 Å². The molecule has 5 heteroatoms. The first-order valence-electron chi connectivity index (χ1n) is 6.10. The van der Waals surface area contributed by atoms with Crippen LogP contribution in [0.4, 0.5) is 13.2 Å². The van der Waals surface area contributed by atoms with Crippen molar-refractivity contribution in [2.24, 2.45) is 5.92 Å². The average molecular weight is 273 g/mol. The molecule has 1 N–H and O–H groups in total. The van der Waals surface area contributed by atoms with Crippen molar-refractivity contribution >= 4 is 5.91 Å². The first-order valence-corrected chi connectivity index (χ1v) is 6.10. The van der Waals surface area contributed by atoms with Gasteiger partial charge in [0.25, 0.3) is 0 Å². The van der Waals surface area contributed by atoms with Gasteiger partial charge in [0.05, 0.1) is 0 Å². The lowest BCUT2D eigenvalue weighted by Gasteiger charge is -2.33. The first-order chi connectivity index (χ1) is 8.67. The highest BCUT2D eigenvalue weighted by Gasteiger charge is 2.53. The molecular formula is C14H18F3NO. The number of alkyl halides is 3. The summed E-state index contributed by atoms with van der Waals surface area (Å²) < 4.78 is 39.8. The quantitative estimate of drug-likeness (QED) is 0.891. The maximum atomic E-state index is 13.3. The highest BCUT2D eigenvalue weighted by molar-refractivity contribution is 5.77. The largest absolute Gasteiger partial charge is 0.415 e. The minimum Gasteiger partial charge on any atom is -0.339 e. The van der Waals surface area contributed by atoms with Gasteiger partial charge in [-0.3, -0.25) is 4.79 Å². The van der Waals surface area contributed by atoms with Gasteiger partial charge in [-0.1, -0.05) is 44.2 Å². The predicted octanol–water partition coefficient (Wildman–Crippen LogP) is 3.63. The second kappa shape index (κ2) is 5.63. The third-order valence-corrected chi connectivity index (χ3v) is 2.90. The summed E-state index contributed by atoms with van der Waals surface area (Å²) >= 11 is 0. The second-order valence-electron chi connectivity index (χ2n) is 5.13. The van der Waals surface area contributed by atoms with Crippen molar-refractivity contribution in [3.8, 4) is 0 Å². The maximum absolute atomic E-state index is 13.3. The fourth-order valence-electron chi connectivity index (χ4n) is 1.78. The molecule has 0 bridgehead atoms. The van der Waals surface area contributed by atoms with Crippen LogP contribution < -0.4 is 5.32 Å². The van der Waals surface area contributed by atoms with Crippen LogP contribution in [-0.4, -0.2) is 12.1 Å². The Hall–Kier alpha value is -1.52. The van der Waals surface area contributed by atoms with Crippen molar-refractivity contribution in [3.63, 3.8) is 0 Å². The lowest BCUT2D eigenvalue weighted by atomic mass is 9.90. The van der Waals surface area contributed by atoms with E-state index in [1.165, 1.54) is 24.3 Å². The van der Waals surface area contributed by atoms with Gasteiger partial charge in [-0.05, 0) is 18.4 Å². The lowest BCUT2D eigenvalue weighted by molar-refractivity contribution is -0.197. The first kappa shape index (κ1) is 15.5. The zero-order chi connectivity index (χ0) is 14.7. The Bertz CT molecular complexity index is 428. The smallest absolute Gasteiger partial charge is 0.339 e. The second-order valence-corrected chi connectivity index (χ2v) is 5.13. The topological polar surface area (TPSA) is 29.1 Å². The number of rotatable bonds is 4. The van der Waals surface area contributed by atoms with E-state index in [1.807, 2.05) is 0 Å². The third kappa shape index (κ3) is 3.72. The van der Waals surface area contributed by atoms with Crippen LogP contribution >= 0.6 is 0 Å². The summed E-state index contributed by atoms with van der Waals surface area (Å²) in [5.41, 5.74) is -2.33. The molecule has 0 spiro atoms. The molecule has 1 amide bonds. The fraction of sp³-hybridized carbons (Fsp3) is 0.500. The van der Waals surface area contributed by atoms with E-state index in [1.54, 1.807) is 19.9 Å². The van der Waals surface area contributed by atoms with E-state index in [2.05, 4.69) is 5.32 Å². The lowest BCUT2D eigenvalue weighted by Crippen LogP contribution is -2.54. The molecule has 19 heavy (non-hydrogen) atoms. The molecule has 106 valence electrons. The Labute approximate surface area is 111 Å². The Kier molecular flexibility index (Phi) is 4.61. The number of carbonyl (C=O) groups is 1. The van der Waals surface area contributed by atoms with Crippen molar-refractivity contribution in [2.45, 2.75) is 38.9 Å². The number of halogens is 3. The van der Waals surface area contributed by atoms with Gasteiger partial charge in [0.2, 0.25) is 5.91 Å². The highest BCUT2D eigenvalue weighted by Crippen LogP contribution is 2.38. The summed E-state index contributed by atoms with van der Waals surface area (Å²) in [5, 5.41) is 2.12. The number of carbonyl (C=O) groups excluding carboxylic acids is 1. The van der Waals surface area contributed by atoms with Gasteiger partial charge in [-0.15, -0.1) is 0 Å². The minimum absolute atomic E-state index is 0.00765. The molecule has 0 aliphatic carbocycles. The van der Waals surface area contributed by atoms with Gasteiger partial charge in [-0.25, -0.2) is 0 Å². The third-order valence-electron chi connectivity index (χ3n) is 2.90. The van der Waals surface area contributed by atoms with E-state index < -0.39 is 17.6 Å². The van der Waals surface area contributed by atoms with Crippen LogP contribution in [0.3, 0.4) is 0 Å². The zero-order valence-corrected chi connectivity index (χ0v) is 11.2. The molecule has 2 nitrogen and oxygen atoms in total. The average Bonchev–Trinajstić information content (AvgIpc) is 2.27. The SMILES string of the molecule is CC(C)CC(=O)NC(C)(c1ccccc1)C(F)(F)F. The molecule has 0 aromatic heterocycles. The molecule has 0 radical (unpaired) electrons. The van der Waals surface area contributed by atoms with E-state index in [0.29, 0.717) is 0 Å². The summed E-state index contributed by atoms with van der Waals surface area (Å²) in [6, 6.07) is 7.41. The molecule has 1 rings (SSSR count). The maximum Gasteiger partial charge on any atom is 0.415 e. The Morgan fingerprint density at radius 3 is 2.16 bits per heavy atom. The standard InChI is InChI=1S/C14H18F3NO/c1-10(2)9-12(19)18-13(3,14(15,16)17)11-7-5-4-6-8-11/h4-8,10H,9H2,1-3H3,(H,18,19). The van der Waals surface area contributed by atoms with Crippen LogP contribution in [0, 0.1) is 5.92 Å². The summed E-state index contributed by atoms with van der Waals surface area (Å²) in [6.45, 7) is 4.56. The Morgan fingerprint density at radius 2 is 1.74 bits per heavy atom. The fourth-order valence-corrected chi connectivity index (χ4v) is 1.78. The van der Waals surface area contributed by atoms with Crippen LogP contribution in [0.1, 0.15) is 32.8 Å². The van der Waals surface area contributed by atoms with E-state index in [-0.39, 0.29) is 17.9 Å². The number of nitrogens with one attached hydrogen (secondary N) is 1. The van der Waals surface area contributed by atoms with Crippen molar-refractivity contribution in [1.29, 1.82) is 0 Å². The van der Waals surface area contributed by atoms with Crippen molar-refractivity contribution in [3.05, 3.63) is 35.9 Å². The number of amides is 1. The van der Waals surface area contributed by atoms with Crippen LogP contribution in [-0.2, 0) is 10.3 Å². The highest BCUT2D eigenvalue weighted by atomic mass is 19.4. The molecule has 0 aliphatic heterocycles. The van der Waals surface area contributed by atoms with Gasteiger partial charge >= 0.3 is 6.18 Å². The van der Waals surface area contributed by atoms with Gasteiger partial charge in [0.15, 0.2) is 5.54 Å². The normalized spacial score (nSPS) is 15.1. The molecule has 0 heterocycles. The molecule has 1 unspecified atom stereocenters. The molecule has 1 aromatic carbocycles. The summed E-state index contributed by atoms with van der Waals surface area (Å²) in [4.78, 5) is 11.7. The van der Waals surface area contributed by atoms with Crippen molar-refractivity contribution < 1.29 is 18.0 Å². The number of hydrogen-bond acceptors (Lipinski definition) is 1. The summed E-state index contributed by atoms with van der Waals surface area (Å²) in [6.07, 6.45) is -4.49. The zero-order valence-electron chi connectivity index (χ0n) is 11.2. The van der Waals surface area contributed by atoms with Crippen LogP contribution in [0.25, 0.3) is 0 Å². The molecule has 0 fully saturated rings. The van der Waals surface area contributed by atoms with Crippen molar-refractivity contribution in [1.82, 2.24) is 5.32 Å². The van der Waals surface area contributed by atoms with E-state index in [4.69, 9.17) is 0 Å². The number of benzene rings is 1. The van der Waals surface area contributed by atoms with Gasteiger partial charge < -0.3 is 5.32 Å². The predicted molar refractivity (Wildman–Crippen MR) is 67.4 cm³/mol. The monoisotopic (exact) mass is 273 g/mol. The molecule has 0 aliphatic rings. The molecular weight excluding hydrogens is 255 g/mol. The van der Waals surface area contributed by atoms with Gasteiger partial charge in [0, 0.05) is 6.42 Å². The Balaban J connectivity index is 3.06. The molecule has 1 atom stereocenters. The van der Waals surface area contributed by atoms with E-state index in [0.717, 1.165) is 6.92 Å². The van der Waals surface area contributed by atoms with Crippen molar-refractivity contribution in [2.75, 3.05) is 0 Å². The summed E-state index contributed by atoms with van der Waals surface area (Å²) in [7, 11) is 0. The number of hydrogen-bond donors (Lipinski definition) is 1. The van der Waals surface area contributed by atoms with E-state index >= 15 is 0 Å². The van der Waals surface area contributed by atoms with E-state index in [9.17, 15) is 18.0 Å².